The lowest BCUT2D eigenvalue weighted by Crippen LogP contribution is -2.28. The van der Waals surface area contributed by atoms with Gasteiger partial charge in [0.25, 0.3) is 5.91 Å². The third-order valence-electron chi connectivity index (χ3n) is 8.06. The van der Waals surface area contributed by atoms with E-state index in [4.69, 9.17) is 25.7 Å². The molecule has 2 aromatic heterocycles. The topological polar surface area (TPSA) is 210 Å². The van der Waals surface area contributed by atoms with Crippen LogP contribution >= 0.6 is 11.3 Å². The van der Waals surface area contributed by atoms with Crippen molar-refractivity contribution in [3.63, 3.8) is 0 Å². The van der Waals surface area contributed by atoms with Crippen LogP contribution in [0, 0.1) is 5.92 Å². The number of thiophene rings is 1. The van der Waals surface area contributed by atoms with Crippen molar-refractivity contribution in [2.24, 2.45) is 22.4 Å². The van der Waals surface area contributed by atoms with Gasteiger partial charge in [0.05, 0.1) is 36.6 Å². The number of fused-ring (bicyclic) bond motifs is 1. The van der Waals surface area contributed by atoms with E-state index < -0.39 is 23.7 Å². The molecule has 2 aromatic carbocycles. The second-order valence-electron chi connectivity index (χ2n) is 11.6. The number of carbonyl (C=O) groups excluding carboxylic acids is 3. The van der Waals surface area contributed by atoms with Crippen LogP contribution < -0.4 is 31.0 Å². The van der Waals surface area contributed by atoms with Gasteiger partial charge in [0.1, 0.15) is 23.6 Å². The van der Waals surface area contributed by atoms with Crippen LogP contribution in [0.25, 0.3) is 21.1 Å². The first kappa shape index (κ1) is 35.6. The van der Waals surface area contributed by atoms with Crippen molar-refractivity contribution in [2.75, 3.05) is 32.7 Å². The number of imidazole rings is 1. The number of anilines is 1. The fraction of sp³-hybridized carbons (Fsp3) is 0.314. The zero-order valence-electron chi connectivity index (χ0n) is 28.0. The molecular weight excluding hydrogens is 664 g/mol. The number of aliphatic carboxylic acids is 1. The summed E-state index contributed by atoms with van der Waals surface area (Å²) >= 11 is 1.27. The smallest absolute Gasteiger partial charge is 0.307 e. The summed E-state index contributed by atoms with van der Waals surface area (Å²) in [6, 6.07) is 8.00. The molecule has 3 heterocycles. The number of methoxy groups -OCH3 is 2. The Kier molecular flexibility index (Phi) is 10.9. The predicted octanol–water partition coefficient (Wildman–Crippen LogP) is 4.87. The van der Waals surface area contributed by atoms with E-state index in [1.54, 1.807) is 38.1 Å². The third-order valence-corrected chi connectivity index (χ3v) is 9.19. The lowest BCUT2D eigenvalue weighted by molar-refractivity contribution is -0.141. The van der Waals surface area contributed by atoms with E-state index >= 15 is 0 Å². The molecule has 14 nitrogen and oxygen atoms in total. The summed E-state index contributed by atoms with van der Waals surface area (Å²) in [6.45, 7) is 3.96. The number of aromatic nitrogens is 2. The summed E-state index contributed by atoms with van der Waals surface area (Å²) in [6.07, 6.45) is 5.33. The van der Waals surface area contributed by atoms with Crippen LogP contribution in [0.5, 0.6) is 17.2 Å². The number of nitrogens with zero attached hydrogens (tertiary/aromatic N) is 3. The molecule has 50 heavy (non-hydrogen) atoms. The molecular formula is C35H38N6O8S. The Morgan fingerprint density at radius 1 is 1.14 bits per heavy atom. The van der Waals surface area contributed by atoms with E-state index in [0.717, 1.165) is 10.1 Å². The van der Waals surface area contributed by atoms with Crippen LogP contribution in [0.4, 0.5) is 5.95 Å². The van der Waals surface area contributed by atoms with Crippen molar-refractivity contribution in [3.05, 3.63) is 64.7 Å². The molecule has 0 fully saturated rings. The zero-order chi connectivity index (χ0) is 36.1. The van der Waals surface area contributed by atoms with Crippen LogP contribution in [0.15, 0.2) is 59.2 Å². The van der Waals surface area contributed by atoms with Gasteiger partial charge in [0, 0.05) is 35.0 Å². The molecule has 262 valence electrons. The third kappa shape index (κ3) is 7.62. The predicted molar refractivity (Wildman–Crippen MR) is 191 cm³/mol. The fourth-order valence-electron chi connectivity index (χ4n) is 5.67. The lowest BCUT2D eigenvalue weighted by Gasteiger charge is -2.26. The summed E-state index contributed by atoms with van der Waals surface area (Å²) < 4.78 is 19.4. The van der Waals surface area contributed by atoms with Crippen molar-refractivity contribution in [2.45, 2.75) is 39.2 Å². The van der Waals surface area contributed by atoms with Gasteiger partial charge < -0.3 is 30.8 Å². The van der Waals surface area contributed by atoms with Crippen LogP contribution in [0.1, 0.15) is 59.2 Å². The highest BCUT2D eigenvalue weighted by Gasteiger charge is 2.29. The number of carboxylic acid groups (broad SMARTS) is 1. The molecule has 5 rings (SSSR count). The molecule has 0 radical (unpaired) electrons. The molecule has 4 aromatic rings. The highest BCUT2D eigenvalue weighted by atomic mass is 32.1. The molecule has 0 saturated heterocycles. The Balaban J connectivity index is 1.35. The number of allylic oxidation sites excluding steroid dienone is 3. The number of ketones is 1. The highest BCUT2D eigenvalue weighted by Crippen LogP contribution is 2.39. The summed E-state index contributed by atoms with van der Waals surface area (Å²) in [7, 11) is 3.06. The van der Waals surface area contributed by atoms with Crippen LogP contribution in [-0.4, -0.2) is 71.3 Å². The SMILES string of the molecule is CCN=C(/C=C(/C)N)C(=O)Nc1nc2cc(C(N)=O)cc3c2n1[C@@H](C/C=C/CC(CC(=O)c1cc2cc(OC)c(OC)cc2s1)C(=O)O)CO3. The number of hydrogen-bond acceptors (Lipinski definition) is 11. The molecule has 1 unspecified atom stereocenters. The number of nitrogens with one attached hydrogen (secondary N) is 1. The highest BCUT2D eigenvalue weighted by molar-refractivity contribution is 7.20. The minimum absolute atomic E-state index is 0.115. The Labute approximate surface area is 291 Å². The van der Waals surface area contributed by atoms with E-state index in [1.165, 1.54) is 43.8 Å². The minimum atomic E-state index is -1.08. The van der Waals surface area contributed by atoms with Gasteiger partial charge in [0.15, 0.2) is 17.3 Å². The van der Waals surface area contributed by atoms with Gasteiger partial charge in [-0.1, -0.05) is 12.2 Å². The average molecular weight is 703 g/mol. The Morgan fingerprint density at radius 3 is 2.54 bits per heavy atom. The normalized spacial score (nSPS) is 15.2. The fourth-order valence-corrected chi connectivity index (χ4v) is 6.69. The van der Waals surface area contributed by atoms with Crippen LogP contribution in [0.3, 0.4) is 0 Å². The van der Waals surface area contributed by atoms with Crippen LogP contribution in [0.2, 0.25) is 0 Å². The second-order valence-corrected chi connectivity index (χ2v) is 12.7. The second kappa shape index (κ2) is 15.2. The van der Waals surface area contributed by atoms with Gasteiger partial charge in [-0.05, 0) is 62.4 Å². The lowest BCUT2D eigenvalue weighted by atomic mass is 9.97. The molecule has 0 bridgehead atoms. The minimum Gasteiger partial charge on any atom is -0.493 e. The van der Waals surface area contributed by atoms with Crippen molar-refractivity contribution in [1.82, 2.24) is 9.55 Å². The molecule has 1 aliphatic rings. The number of hydrogen-bond donors (Lipinski definition) is 4. The maximum absolute atomic E-state index is 13.3. The van der Waals surface area contributed by atoms with E-state index in [0.29, 0.717) is 51.8 Å². The zero-order valence-corrected chi connectivity index (χ0v) is 28.8. The largest absolute Gasteiger partial charge is 0.493 e. The molecule has 0 aliphatic carbocycles. The maximum atomic E-state index is 13.3. The number of Topliss-reactive ketones (excluding diaryl/α,β-unsaturated/α-hetero) is 1. The number of ether oxygens (including phenoxy) is 3. The number of carboxylic acids is 1. The summed E-state index contributed by atoms with van der Waals surface area (Å²) in [4.78, 5) is 59.9. The van der Waals surface area contributed by atoms with Gasteiger partial charge in [-0.3, -0.25) is 34.1 Å². The van der Waals surface area contributed by atoms with Gasteiger partial charge in [-0.15, -0.1) is 11.3 Å². The molecule has 2 amide bonds. The molecule has 0 saturated carbocycles. The number of primary amides is 1. The van der Waals surface area contributed by atoms with Crippen molar-refractivity contribution >= 4 is 67.7 Å². The van der Waals surface area contributed by atoms with Crippen LogP contribution in [-0.2, 0) is 9.59 Å². The van der Waals surface area contributed by atoms with E-state index in [1.807, 2.05) is 10.6 Å². The Morgan fingerprint density at radius 2 is 1.88 bits per heavy atom. The number of benzene rings is 2. The molecule has 1 aliphatic heterocycles. The van der Waals surface area contributed by atoms with Crippen molar-refractivity contribution in [1.29, 1.82) is 0 Å². The number of rotatable bonds is 15. The number of carbonyl (C=O) groups is 4. The van der Waals surface area contributed by atoms with Gasteiger partial charge in [-0.2, -0.15) is 0 Å². The average Bonchev–Trinajstić information content (AvgIpc) is 3.67. The number of amides is 2. The van der Waals surface area contributed by atoms with Gasteiger partial charge in [0.2, 0.25) is 11.9 Å². The quantitative estimate of drug-likeness (QED) is 0.0750. The van der Waals surface area contributed by atoms with E-state index in [2.05, 4.69) is 15.3 Å². The van der Waals surface area contributed by atoms with Gasteiger partial charge in [-0.25, -0.2) is 4.98 Å². The first-order valence-corrected chi connectivity index (χ1v) is 16.6. The Bertz CT molecular complexity index is 2030. The summed E-state index contributed by atoms with van der Waals surface area (Å²) in [5, 5.41) is 13.6. The molecule has 2 atom stereocenters. The molecule has 15 heteroatoms. The monoisotopic (exact) mass is 702 g/mol. The standard InChI is InChI=1S/C35H38N6O8S/c1-5-38-24(10-18(2)36)33(44)40-35-39-23-11-21(32(37)43)14-28-31(23)41(35)22(17-49-28)9-7-6-8-19(34(45)46)12-25(42)30-15-20-13-26(47-3)27(48-4)16-29(20)50-30/h6-7,10-11,13-16,19,22H,5,8-9,12,17,36H2,1-4H3,(H2,37,43)(H,45,46)(H,39,40,44)/b7-6+,18-10-,38-24?/t19?,22-/m0/s1. The molecule has 0 spiro atoms. The maximum Gasteiger partial charge on any atom is 0.307 e. The summed E-state index contributed by atoms with van der Waals surface area (Å²) in [5.41, 5.74) is 13.0. The number of nitrogens with two attached hydrogens (primary N) is 2. The first-order chi connectivity index (χ1) is 23.9. The number of aliphatic imine (C=N–C) groups is 1. The molecule has 6 N–H and O–H groups in total. The first-order valence-electron chi connectivity index (χ1n) is 15.8. The van der Waals surface area contributed by atoms with Crippen molar-refractivity contribution < 1.29 is 38.5 Å². The van der Waals surface area contributed by atoms with Gasteiger partial charge >= 0.3 is 5.97 Å². The van der Waals surface area contributed by atoms with Crippen molar-refractivity contribution in [3.8, 4) is 17.2 Å². The Hall–Kier alpha value is -5.70. The van der Waals surface area contributed by atoms with E-state index in [9.17, 15) is 24.3 Å². The van der Waals surface area contributed by atoms with E-state index in [-0.39, 0.29) is 48.5 Å². The summed E-state index contributed by atoms with van der Waals surface area (Å²) in [5.74, 6) is -1.83.